The fourth-order valence-corrected chi connectivity index (χ4v) is 2.52. The minimum Gasteiger partial charge on any atom is -0.480 e. The first-order valence-electron chi connectivity index (χ1n) is 7.01. The molecule has 110 valence electrons. The Labute approximate surface area is 113 Å². The lowest BCUT2D eigenvalue weighted by molar-refractivity contribution is -0.139. The van der Waals surface area contributed by atoms with E-state index >= 15 is 0 Å². The second-order valence-corrected chi connectivity index (χ2v) is 4.96. The molecule has 1 fully saturated rings. The molecule has 0 spiro atoms. The van der Waals surface area contributed by atoms with E-state index in [1.807, 2.05) is 0 Å². The minimum atomic E-state index is -1.02. The number of aliphatic carboxylic acids is 1. The van der Waals surface area contributed by atoms with E-state index in [2.05, 4.69) is 5.32 Å². The topological polar surface area (TPSA) is 89.9 Å². The lowest BCUT2D eigenvalue weighted by Gasteiger charge is -2.34. The molecule has 0 saturated heterocycles. The zero-order chi connectivity index (χ0) is 14.3. The van der Waals surface area contributed by atoms with Crippen molar-refractivity contribution in [1.82, 2.24) is 10.2 Å². The highest BCUT2D eigenvalue weighted by Crippen LogP contribution is 2.22. The number of aliphatic hydroxyl groups excluding tert-OH is 1. The van der Waals surface area contributed by atoms with Crippen LogP contribution in [0.5, 0.6) is 0 Å². The number of rotatable bonds is 6. The largest absolute Gasteiger partial charge is 0.480 e. The summed E-state index contributed by atoms with van der Waals surface area (Å²) in [5, 5.41) is 20.6. The van der Waals surface area contributed by atoms with Gasteiger partial charge in [0.2, 0.25) is 0 Å². The molecule has 6 nitrogen and oxygen atoms in total. The van der Waals surface area contributed by atoms with Crippen LogP contribution in [0.3, 0.4) is 0 Å². The molecule has 2 amide bonds. The van der Waals surface area contributed by atoms with E-state index in [0.717, 1.165) is 25.7 Å². The molecule has 0 aliphatic heterocycles. The monoisotopic (exact) mass is 272 g/mol. The summed E-state index contributed by atoms with van der Waals surface area (Å²) >= 11 is 0. The zero-order valence-electron chi connectivity index (χ0n) is 11.5. The molecule has 1 aliphatic carbocycles. The third kappa shape index (κ3) is 4.70. The van der Waals surface area contributed by atoms with Gasteiger partial charge in [-0.05, 0) is 19.3 Å². The van der Waals surface area contributed by atoms with Crippen molar-refractivity contribution in [3.8, 4) is 0 Å². The molecule has 0 aromatic heterocycles. The van der Waals surface area contributed by atoms with Crippen molar-refractivity contribution in [2.75, 3.05) is 13.2 Å². The van der Waals surface area contributed by atoms with E-state index in [1.165, 1.54) is 6.42 Å². The number of carboxylic acid groups (broad SMARTS) is 1. The van der Waals surface area contributed by atoms with E-state index in [9.17, 15) is 9.59 Å². The molecule has 0 aromatic rings. The first-order chi connectivity index (χ1) is 9.10. The SMILES string of the molecule is CC[C@H](NC(=O)N(CCO)C1CCCCC1)C(=O)O. The van der Waals surface area contributed by atoms with Gasteiger partial charge in [-0.3, -0.25) is 0 Å². The summed E-state index contributed by atoms with van der Waals surface area (Å²) in [6.45, 7) is 1.87. The van der Waals surface area contributed by atoms with Crippen LogP contribution in [0.15, 0.2) is 0 Å². The van der Waals surface area contributed by atoms with Gasteiger partial charge in [0.05, 0.1) is 6.61 Å². The molecule has 1 atom stereocenters. The van der Waals surface area contributed by atoms with E-state index in [-0.39, 0.29) is 25.2 Å². The maximum atomic E-state index is 12.1. The third-order valence-corrected chi connectivity index (χ3v) is 3.62. The Bertz CT molecular complexity index is 303. The first kappa shape index (κ1) is 15.8. The number of nitrogens with zero attached hydrogens (tertiary/aromatic N) is 1. The predicted octanol–water partition coefficient (Wildman–Crippen LogP) is 1.19. The maximum Gasteiger partial charge on any atom is 0.326 e. The summed E-state index contributed by atoms with van der Waals surface area (Å²) in [4.78, 5) is 24.7. The van der Waals surface area contributed by atoms with Crippen LogP contribution in [0.4, 0.5) is 4.79 Å². The molecule has 1 aliphatic rings. The van der Waals surface area contributed by atoms with Crippen molar-refractivity contribution in [2.24, 2.45) is 0 Å². The van der Waals surface area contributed by atoms with Crippen LogP contribution in [0.25, 0.3) is 0 Å². The quantitative estimate of drug-likeness (QED) is 0.677. The Morgan fingerprint density at radius 2 is 1.95 bits per heavy atom. The number of hydrogen-bond donors (Lipinski definition) is 3. The van der Waals surface area contributed by atoms with E-state index in [1.54, 1.807) is 11.8 Å². The number of carbonyl (C=O) groups is 2. The molecule has 1 rings (SSSR count). The Morgan fingerprint density at radius 1 is 1.32 bits per heavy atom. The normalized spacial score (nSPS) is 17.8. The van der Waals surface area contributed by atoms with Crippen molar-refractivity contribution in [2.45, 2.75) is 57.5 Å². The molecule has 0 aromatic carbocycles. The molecule has 0 bridgehead atoms. The van der Waals surface area contributed by atoms with Gasteiger partial charge in [0.25, 0.3) is 0 Å². The molecule has 3 N–H and O–H groups in total. The fourth-order valence-electron chi connectivity index (χ4n) is 2.52. The molecule has 19 heavy (non-hydrogen) atoms. The molecule has 0 radical (unpaired) electrons. The van der Waals surface area contributed by atoms with Crippen LogP contribution < -0.4 is 5.32 Å². The second-order valence-electron chi connectivity index (χ2n) is 4.96. The van der Waals surface area contributed by atoms with Gasteiger partial charge < -0.3 is 20.4 Å². The van der Waals surface area contributed by atoms with E-state index in [0.29, 0.717) is 6.42 Å². The summed E-state index contributed by atoms with van der Waals surface area (Å²) < 4.78 is 0. The van der Waals surface area contributed by atoms with Gasteiger partial charge in [0.15, 0.2) is 0 Å². The highest BCUT2D eigenvalue weighted by Gasteiger charge is 2.27. The van der Waals surface area contributed by atoms with Gasteiger partial charge in [-0.15, -0.1) is 0 Å². The summed E-state index contributed by atoms with van der Waals surface area (Å²) in [6, 6.07) is -1.13. The highest BCUT2D eigenvalue weighted by atomic mass is 16.4. The number of aliphatic hydroxyl groups is 1. The van der Waals surface area contributed by atoms with Crippen LogP contribution in [0.1, 0.15) is 45.4 Å². The van der Waals surface area contributed by atoms with Crippen LogP contribution in [-0.2, 0) is 4.79 Å². The Hall–Kier alpha value is -1.30. The number of carbonyl (C=O) groups excluding carboxylic acids is 1. The van der Waals surface area contributed by atoms with Gasteiger partial charge >= 0.3 is 12.0 Å². The van der Waals surface area contributed by atoms with Crippen molar-refractivity contribution in [1.29, 1.82) is 0 Å². The summed E-state index contributed by atoms with van der Waals surface area (Å²) in [6.07, 6.45) is 5.54. The fraction of sp³-hybridized carbons (Fsp3) is 0.846. The molecule has 6 heteroatoms. The Balaban J connectivity index is 2.63. The number of nitrogens with one attached hydrogen (secondary N) is 1. The predicted molar refractivity (Wildman–Crippen MR) is 70.9 cm³/mol. The van der Waals surface area contributed by atoms with E-state index < -0.39 is 12.0 Å². The minimum absolute atomic E-state index is 0.103. The smallest absolute Gasteiger partial charge is 0.326 e. The molecule has 0 heterocycles. The number of urea groups is 1. The van der Waals surface area contributed by atoms with Gasteiger partial charge in [0, 0.05) is 12.6 Å². The third-order valence-electron chi connectivity index (χ3n) is 3.62. The number of carboxylic acids is 1. The molecular weight excluding hydrogens is 248 g/mol. The summed E-state index contributed by atoms with van der Waals surface area (Å²) in [5.41, 5.74) is 0. The van der Waals surface area contributed by atoms with Crippen LogP contribution in [0, 0.1) is 0 Å². The summed E-state index contributed by atoms with van der Waals surface area (Å²) in [5.74, 6) is -1.02. The van der Waals surface area contributed by atoms with Gasteiger partial charge in [-0.2, -0.15) is 0 Å². The number of amides is 2. The van der Waals surface area contributed by atoms with Crippen molar-refractivity contribution in [3.05, 3.63) is 0 Å². The molecule has 0 unspecified atom stereocenters. The molecular formula is C13H24N2O4. The van der Waals surface area contributed by atoms with Crippen molar-refractivity contribution < 1.29 is 19.8 Å². The standard InChI is InChI=1S/C13H24N2O4/c1-2-11(12(17)18)14-13(19)15(8-9-16)10-6-4-3-5-7-10/h10-11,16H,2-9H2,1H3,(H,14,19)(H,17,18)/t11-/m0/s1. The summed E-state index contributed by atoms with van der Waals surface area (Å²) in [7, 11) is 0. The average molecular weight is 272 g/mol. The number of hydrogen-bond acceptors (Lipinski definition) is 3. The lowest BCUT2D eigenvalue weighted by Crippen LogP contribution is -2.52. The maximum absolute atomic E-state index is 12.1. The van der Waals surface area contributed by atoms with Crippen molar-refractivity contribution >= 4 is 12.0 Å². The van der Waals surface area contributed by atoms with E-state index in [4.69, 9.17) is 10.2 Å². The van der Waals surface area contributed by atoms with Gasteiger partial charge in [-0.1, -0.05) is 26.2 Å². The second kappa shape index (κ2) is 7.99. The van der Waals surface area contributed by atoms with Crippen LogP contribution in [-0.4, -0.2) is 52.3 Å². The molecule has 1 saturated carbocycles. The Kier molecular flexibility index (Phi) is 6.62. The van der Waals surface area contributed by atoms with Crippen molar-refractivity contribution in [3.63, 3.8) is 0 Å². The van der Waals surface area contributed by atoms with Gasteiger partial charge in [-0.25, -0.2) is 9.59 Å². The van der Waals surface area contributed by atoms with Crippen LogP contribution in [0.2, 0.25) is 0 Å². The zero-order valence-corrected chi connectivity index (χ0v) is 11.5. The first-order valence-corrected chi connectivity index (χ1v) is 7.01. The van der Waals surface area contributed by atoms with Gasteiger partial charge in [0.1, 0.15) is 6.04 Å². The average Bonchev–Trinajstić information content (AvgIpc) is 2.42. The lowest BCUT2D eigenvalue weighted by atomic mass is 9.94. The Morgan fingerprint density at radius 3 is 2.42 bits per heavy atom. The highest BCUT2D eigenvalue weighted by molar-refractivity contribution is 5.82. The van der Waals surface area contributed by atoms with Crippen LogP contribution >= 0.6 is 0 Å².